The number of hydrogen-bond acceptors (Lipinski definition) is 3. The summed E-state index contributed by atoms with van der Waals surface area (Å²) < 4.78 is 23.4. The van der Waals surface area contributed by atoms with E-state index < -0.39 is 7.60 Å². The monoisotopic (exact) mass is 257 g/mol. The van der Waals surface area contributed by atoms with Crippen LogP contribution in [0, 0.1) is 0 Å². The Morgan fingerprint density at radius 3 is 2.53 bits per heavy atom. The number of aromatic nitrogens is 1. The van der Waals surface area contributed by atoms with Crippen LogP contribution in [-0.2, 0) is 26.5 Å². The number of nitrogens with one attached hydrogen (secondary N) is 1. The molecule has 17 heavy (non-hydrogen) atoms. The molecule has 0 unspecified atom stereocenters. The summed E-state index contributed by atoms with van der Waals surface area (Å²) in [5.41, 5.74) is 3.10. The zero-order chi connectivity index (χ0) is 12.3. The molecule has 0 saturated carbocycles. The summed E-state index contributed by atoms with van der Waals surface area (Å²) in [5, 5.41) is 0. The molecule has 0 spiro atoms. The number of hydrogen-bond donors (Lipinski definition) is 1. The maximum absolute atomic E-state index is 12.7. The molecule has 0 aromatic carbocycles. The zero-order valence-electron chi connectivity index (χ0n) is 10.5. The molecule has 1 heterocycles. The van der Waals surface area contributed by atoms with Crippen molar-refractivity contribution < 1.29 is 13.6 Å². The van der Waals surface area contributed by atoms with E-state index in [-0.39, 0.29) is 0 Å². The highest BCUT2D eigenvalue weighted by atomic mass is 31.2. The first-order chi connectivity index (χ1) is 8.21. The lowest BCUT2D eigenvalue weighted by atomic mass is 9.96. The van der Waals surface area contributed by atoms with Crippen molar-refractivity contribution >= 4 is 13.0 Å². The van der Waals surface area contributed by atoms with Crippen molar-refractivity contribution in [2.75, 3.05) is 13.2 Å². The lowest BCUT2D eigenvalue weighted by molar-refractivity contribution is 0.229. The van der Waals surface area contributed by atoms with Crippen LogP contribution in [0.25, 0.3) is 0 Å². The van der Waals surface area contributed by atoms with Crippen molar-refractivity contribution in [1.29, 1.82) is 0 Å². The second-order valence-electron chi connectivity index (χ2n) is 4.18. The Labute approximate surface area is 102 Å². The molecule has 0 aliphatic heterocycles. The second kappa shape index (κ2) is 5.38. The van der Waals surface area contributed by atoms with Crippen LogP contribution in [0.15, 0.2) is 6.20 Å². The normalized spacial score (nSPS) is 15.9. The lowest BCUT2D eigenvalue weighted by Crippen LogP contribution is -2.17. The van der Waals surface area contributed by atoms with Crippen molar-refractivity contribution in [3.8, 4) is 0 Å². The molecule has 1 aliphatic carbocycles. The third kappa shape index (κ3) is 2.49. The molecule has 1 aromatic rings. The minimum absolute atomic E-state index is 0.394. The Hall–Kier alpha value is -0.570. The molecule has 5 heteroatoms. The molecule has 0 radical (unpaired) electrons. The summed E-state index contributed by atoms with van der Waals surface area (Å²) in [6.45, 7) is 4.46. The van der Waals surface area contributed by atoms with E-state index in [4.69, 9.17) is 9.05 Å². The molecule has 0 fully saturated rings. The van der Waals surface area contributed by atoms with E-state index in [0.29, 0.717) is 18.6 Å². The highest BCUT2D eigenvalue weighted by molar-refractivity contribution is 7.62. The Kier molecular flexibility index (Phi) is 4.08. The fourth-order valence-electron chi connectivity index (χ4n) is 2.35. The lowest BCUT2D eigenvalue weighted by Gasteiger charge is -2.19. The van der Waals surface area contributed by atoms with Crippen LogP contribution in [0.3, 0.4) is 0 Å². The first kappa shape index (κ1) is 12.9. The van der Waals surface area contributed by atoms with Crippen LogP contribution in [0.1, 0.15) is 37.8 Å². The van der Waals surface area contributed by atoms with Gasteiger partial charge in [0.25, 0.3) is 0 Å². The van der Waals surface area contributed by atoms with Gasteiger partial charge >= 0.3 is 7.60 Å². The van der Waals surface area contributed by atoms with Crippen molar-refractivity contribution in [3.05, 3.63) is 17.3 Å². The predicted octanol–water partition coefficient (Wildman–Crippen LogP) is 2.78. The zero-order valence-corrected chi connectivity index (χ0v) is 11.4. The number of rotatable bonds is 5. The van der Waals surface area contributed by atoms with Crippen LogP contribution < -0.4 is 5.44 Å². The quantitative estimate of drug-likeness (QED) is 0.825. The molecular weight excluding hydrogens is 237 g/mol. The minimum atomic E-state index is -3.14. The van der Waals surface area contributed by atoms with E-state index in [1.807, 2.05) is 20.0 Å². The minimum Gasteiger partial charge on any atom is -0.355 e. The third-order valence-electron chi connectivity index (χ3n) is 3.05. The Morgan fingerprint density at radius 2 is 1.88 bits per heavy atom. The topological polar surface area (TPSA) is 51.3 Å². The molecule has 0 atom stereocenters. The van der Waals surface area contributed by atoms with Crippen molar-refractivity contribution in [1.82, 2.24) is 4.98 Å². The van der Waals surface area contributed by atoms with Gasteiger partial charge in [0.1, 0.15) is 5.44 Å². The molecule has 1 N–H and O–H groups in total. The third-order valence-corrected chi connectivity index (χ3v) is 5.19. The van der Waals surface area contributed by atoms with Gasteiger partial charge in [-0.25, -0.2) is 0 Å². The Bertz CT molecular complexity index is 417. The fraction of sp³-hybridized carbons (Fsp3) is 0.667. The van der Waals surface area contributed by atoms with E-state index in [1.165, 1.54) is 12.0 Å². The summed E-state index contributed by atoms with van der Waals surface area (Å²) in [7, 11) is -3.14. The highest BCUT2D eigenvalue weighted by Crippen LogP contribution is 2.48. The molecule has 0 bridgehead atoms. The molecule has 1 aromatic heterocycles. The number of aromatic amines is 1. The van der Waals surface area contributed by atoms with Crippen LogP contribution in [0.4, 0.5) is 0 Å². The largest absolute Gasteiger partial charge is 0.377 e. The SMILES string of the molecule is CCOP(=O)(OCC)c1[nH]cc2c1CCCC2. The Morgan fingerprint density at radius 1 is 1.24 bits per heavy atom. The number of aryl methyl sites for hydroxylation is 1. The van der Waals surface area contributed by atoms with Crippen molar-refractivity contribution in [3.63, 3.8) is 0 Å². The number of fused-ring (bicyclic) bond motifs is 1. The van der Waals surface area contributed by atoms with E-state index in [9.17, 15) is 4.57 Å². The average Bonchev–Trinajstić information content (AvgIpc) is 2.74. The summed E-state index contributed by atoms with van der Waals surface area (Å²) in [5.74, 6) is 0. The van der Waals surface area contributed by atoms with Crippen molar-refractivity contribution in [2.45, 2.75) is 39.5 Å². The van der Waals surface area contributed by atoms with Crippen molar-refractivity contribution in [2.24, 2.45) is 0 Å². The molecule has 4 nitrogen and oxygen atoms in total. The van der Waals surface area contributed by atoms with Gasteiger partial charge in [-0.2, -0.15) is 0 Å². The molecule has 96 valence electrons. The first-order valence-electron chi connectivity index (χ1n) is 6.30. The summed E-state index contributed by atoms with van der Waals surface area (Å²) in [6.07, 6.45) is 6.34. The maximum atomic E-state index is 12.7. The summed E-state index contributed by atoms with van der Waals surface area (Å²) >= 11 is 0. The van der Waals surface area contributed by atoms with Gasteiger partial charge in [-0.15, -0.1) is 0 Å². The van der Waals surface area contributed by atoms with Gasteiger partial charge in [-0.05, 0) is 50.7 Å². The predicted molar refractivity (Wildman–Crippen MR) is 67.9 cm³/mol. The van der Waals surface area contributed by atoms with Gasteiger partial charge in [-0.1, -0.05) is 0 Å². The first-order valence-corrected chi connectivity index (χ1v) is 7.84. The molecule has 2 rings (SSSR count). The maximum Gasteiger partial charge on any atom is 0.377 e. The smallest absolute Gasteiger partial charge is 0.355 e. The fourth-order valence-corrected chi connectivity index (χ4v) is 4.17. The van der Waals surface area contributed by atoms with Gasteiger partial charge in [-0.3, -0.25) is 4.57 Å². The van der Waals surface area contributed by atoms with E-state index >= 15 is 0 Å². The molecular formula is C12H20NO3P. The Balaban J connectivity index is 2.36. The molecule has 0 saturated heterocycles. The highest BCUT2D eigenvalue weighted by Gasteiger charge is 2.33. The van der Waals surface area contributed by atoms with E-state index in [1.54, 1.807) is 0 Å². The molecule has 1 aliphatic rings. The van der Waals surface area contributed by atoms with Gasteiger partial charge < -0.3 is 14.0 Å². The van der Waals surface area contributed by atoms with Gasteiger partial charge in [0, 0.05) is 6.20 Å². The van der Waals surface area contributed by atoms with Gasteiger partial charge in [0.15, 0.2) is 0 Å². The van der Waals surface area contributed by atoms with Gasteiger partial charge in [0.05, 0.1) is 13.2 Å². The standard InChI is InChI=1S/C12H20NO3P/c1-3-15-17(14,16-4-2)12-11-8-6-5-7-10(11)9-13-12/h9,13H,3-8H2,1-2H3. The second-order valence-corrected chi connectivity index (χ2v) is 6.14. The van der Waals surface area contributed by atoms with Crippen LogP contribution in [0.5, 0.6) is 0 Å². The summed E-state index contributed by atoms with van der Waals surface area (Å²) in [6, 6.07) is 0. The van der Waals surface area contributed by atoms with E-state index in [0.717, 1.165) is 24.8 Å². The van der Waals surface area contributed by atoms with Gasteiger partial charge in [0.2, 0.25) is 0 Å². The number of H-pyrrole nitrogens is 1. The molecule has 0 amide bonds. The average molecular weight is 257 g/mol. The van der Waals surface area contributed by atoms with Crippen LogP contribution >= 0.6 is 7.60 Å². The van der Waals surface area contributed by atoms with Crippen LogP contribution in [-0.4, -0.2) is 18.2 Å². The van der Waals surface area contributed by atoms with E-state index in [2.05, 4.69) is 4.98 Å². The van der Waals surface area contributed by atoms with Crippen LogP contribution in [0.2, 0.25) is 0 Å². The summed E-state index contributed by atoms with van der Waals surface area (Å²) in [4.78, 5) is 3.11.